The minimum atomic E-state index is -0.875. The highest BCUT2D eigenvalue weighted by atomic mass is 16.4. The normalized spacial score (nSPS) is 21.2. The van der Waals surface area contributed by atoms with Gasteiger partial charge in [0.1, 0.15) is 6.26 Å². The van der Waals surface area contributed by atoms with E-state index < -0.39 is 5.97 Å². The molecule has 5 heteroatoms. The molecular weight excluding hydrogens is 220 g/mol. The molecule has 5 nitrogen and oxygen atoms in total. The molecular formula is C12H18N2O3. The zero-order chi connectivity index (χ0) is 12.4. The van der Waals surface area contributed by atoms with E-state index >= 15 is 0 Å². The number of hydrogen-bond donors (Lipinski definition) is 1. The largest absolute Gasteiger partial charge is 0.481 e. The molecule has 0 aliphatic carbocycles. The maximum atomic E-state index is 10.6. The van der Waals surface area contributed by atoms with Crippen LogP contribution in [0.5, 0.6) is 0 Å². The predicted molar refractivity (Wildman–Crippen MR) is 61.9 cm³/mol. The Bertz CT molecular complexity index is 400. The van der Waals surface area contributed by atoms with Crippen molar-refractivity contribution in [3.05, 3.63) is 17.8 Å². The molecule has 0 saturated carbocycles. The number of aliphatic carboxylic acids is 1. The third-order valence-electron chi connectivity index (χ3n) is 3.20. The molecule has 2 heterocycles. The maximum absolute atomic E-state index is 10.6. The minimum Gasteiger partial charge on any atom is -0.481 e. The van der Waals surface area contributed by atoms with Crippen molar-refractivity contribution in [3.8, 4) is 0 Å². The van der Waals surface area contributed by atoms with E-state index in [9.17, 15) is 4.79 Å². The molecule has 1 aromatic heterocycles. The van der Waals surface area contributed by atoms with Gasteiger partial charge in [0.25, 0.3) is 0 Å². The lowest BCUT2D eigenvalue weighted by Gasteiger charge is -2.19. The smallest absolute Gasteiger partial charge is 0.309 e. The van der Waals surface area contributed by atoms with Gasteiger partial charge >= 0.3 is 5.97 Å². The topological polar surface area (TPSA) is 66.6 Å². The molecule has 1 fully saturated rings. The van der Waals surface area contributed by atoms with Crippen molar-refractivity contribution < 1.29 is 14.3 Å². The number of carbonyl (C=O) groups is 1. The molecule has 0 bridgehead atoms. The van der Waals surface area contributed by atoms with Crippen LogP contribution in [0.25, 0.3) is 0 Å². The molecule has 0 spiro atoms. The van der Waals surface area contributed by atoms with E-state index in [0.717, 1.165) is 19.5 Å². The second kappa shape index (κ2) is 4.87. The molecule has 2 rings (SSSR count). The Morgan fingerprint density at radius 3 is 3.06 bits per heavy atom. The van der Waals surface area contributed by atoms with Crippen molar-refractivity contribution in [1.29, 1.82) is 0 Å². The highest BCUT2D eigenvalue weighted by Gasteiger charge is 2.28. The zero-order valence-corrected chi connectivity index (χ0v) is 10.2. The molecule has 17 heavy (non-hydrogen) atoms. The summed E-state index contributed by atoms with van der Waals surface area (Å²) < 4.78 is 5.38. The van der Waals surface area contributed by atoms with E-state index in [1.54, 1.807) is 0 Å². The summed E-state index contributed by atoms with van der Waals surface area (Å²) in [5.74, 6) is 0.115. The Kier molecular flexibility index (Phi) is 3.47. The van der Waals surface area contributed by atoms with Crippen LogP contribution >= 0.6 is 0 Å². The molecule has 1 atom stereocenters. The first-order chi connectivity index (χ1) is 8.06. The molecule has 0 radical (unpaired) electrons. The summed E-state index contributed by atoms with van der Waals surface area (Å²) in [6, 6.07) is 0.536. The average Bonchev–Trinajstić information content (AvgIpc) is 2.83. The fourth-order valence-corrected chi connectivity index (χ4v) is 2.20. The van der Waals surface area contributed by atoms with Crippen LogP contribution in [0.3, 0.4) is 0 Å². The Balaban J connectivity index is 1.99. The highest BCUT2D eigenvalue weighted by Crippen LogP contribution is 2.27. The molecule has 0 amide bonds. The van der Waals surface area contributed by atoms with Crippen molar-refractivity contribution in [2.24, 2.45) is 0 Å². The fraction of sp³-hybridized carbons (Fsp3) is 0.667. The average molecular weight is 238 g/mol. The number of nitrogens with zero attached hydrogens (tertiary/aromatic N) is 2. The number of oxazole rings is 1. The van der Waals surface area contributed by atoms with Gasteiger partial charge in [-0.1, -0.05) is 0 Å². The second-order valence-electron chi connectivity index (χ2n) is 4.82. The standard InChI is InChI=1S/C12H18N2O3/c1-8(2)14-4-3-9(6-14)12-13-10(7-17-12)5-11(15)16/h7-9H,3-6H2,1-2H3,(H,15,16). The summed E-state index contributed by atoms with van der Waals surface area (Å²) in [6.07, 6.45) is 2.43. The van der Waals surface area contributed by atoms with Crippen LogP contribution < -0.4 is 0 Å². The van der Waals surface area contributed by atoms with Crippen molar-refractivity contribution >= 4 is 5.97 Å². The minimum absolute atomic E-state index is 0.0654. The van der Waals surface area contributed by atoms with E-state index in [2.05, 4.69) is 23.7 Å². The van der Waals surface area contributed by atoms with Gasteiger partial charge in [0.2, 0.25) is 0 Å². The maximum Gasteiger partial charge on any atom is 0.309 e. The molecule has 1 aromatic rings. The van der Waals surface area contributed by atoms with Crippen LogP contribution in [-0.4, -0.2) is 40.1 Å². The number of hydrogen-bond acceptors (Lipinski definition) is 4. The van der Waals surface area contributed by atoms with E-state index in [1.807, 2.05) is 0 Å². The SMILES string of the molecule is CC(C)N1CCC(c2nc(CC(=O)O)co2)C1. The Labute approximate surface area is 100 Å². The Morgan fingerprint density at radius 1 is 1.71 bits per heavy atom. The van der Waals surface area contributed by atoms with Gasteiger partial charge < -0.3 is 14.4 Å². The summed E-state index contributed by atoms with van der Waals surface area (Å²) in [7, 11) is 0. The van der Waals surface area contributed by atoms with Gasteiger partial charge in [0.05, 0.1) is 12.1 Å². The molecule has 1 saturated heterocycles. The van der Waals surface area contributed by atoms with Crippen LogP contribution in [0.4, 0.5) is 0 Å². The number of carboxylic acid groups (broad SMARTS) is 1. The highest BCUT2D eigenvalue weighted by molar-refractivity contribution is 5.69. The number of likely N-dealkylation sites (tertiary alicyclic amines) is 1. The lowest BCUT2D eigenvalue weighted by atomic mass is 10.1. The van der Waals surface area contributed by atoms with E-state index in [1.165, 1.54) is 6.26 Å². The lowest BCUT2D eigenvalue weighted by molar-refractivity contribution is -0.136. The van der Waals surface area contributed by atoms with E-state index in [-0.39, 0.29) is 6.42 Å². The van der Waals surface area contributed by atoms with E-state index in [4.69, 9.17) is 9.52 Å². The van der Waals surface area contributed by atoms with Crippen LogP contribution in [0, 0.1) is 0 Å². The van der Waals surface area contributed by atoms with Gasteiger partial charge in [-0.15, -0.1) is 0 Å². The first-order valence-corrected chi connectivity index (χ1v) is 5.96. The van der Waals surface area contributed by atoms with Crippen LogP contribution in [-0.2, 0) is 11.2 Å². The van der Waals surface area contributed by atoms with Crippen LogP contribution in [0.2, 0.25) is 0 Å². The van der Waals surface area contributed by atoms with Crippen molar-refractivity contribution in [1.82, 2.24) is 9.88 Å². The Hall–Kier alpha value is -1.36. The number of carboxylic acids is 1. The van der Waals surface area contributed by atoms with Gasteiger partial charge in [-0.25, -0.2) is 4.98 Å². The van der Waals surface area contributed by atoms with Crippen LogP contribution in [0.15, 0.2) is 10.7 Å². The number of aromatic nitrogens is 1. The van der Waals surface area contributed by atoms with Crippen molar-refractivity contribution in [3.63, 3.8) is 0 Å². The van der Waals surface area contributed by atoms with Crippen molar-refractivity contribution in [2.45, 2.75) is 38.6 Å². The first kappa shape index (κ1) is 12.1. The van der Waals surface area contributed by atoms with Gasteiger partial charge in [-0.3, -0.25) is 4.79 Å². The summed E-state index contributed by atoms with van der Waals surface area (Å²) in [5.41, 5.74) is 0.510. The predicted octanol–water partition coefficient (Wildman–Crippen LogP) is 1.50. The van der Waals surface area contributed by atoms with Gasteiger partial charge in [-0.05, 0) is 26.8 Å². The zero-order valence-electron chi connectivity index (χ0n) is 10.2. The summed E-state index contributed by atoms with van der Waals surface area (Å²) in [4.78, 5) is 17.2. The lowest BCUT2D eigenvalue weighted by Crippen LogP contribution is -2.27. The molecule has 0 aromatic carbocycles. The van der Waals surface area contributed by atoms with Gasteiger partial charge in [-0.2, -0.15) is 0 Å². The molecule has 1 N–H and O–H groups in total. The monoisotopic (exact) mass is 238 g/mol. The Morgan fingerprint density at radius 2 is 2.47 bits per heavy atom. The van der Waals surface area contributed by atoms with Crippen molar-refractivity contribution in [2.75, 3.05) is 13.1 Å². The quantitative estimate of drug-likeness (QED) is 0.861. The molecule has 1 unspecified atom stereocenters. The molecule has 1 aliphatic heterocycles. The third kappa shape index (κ3) is 2.85. The summed E-state index contributed by atoms with van der Waals surface area (Å²) in [5, 5.41) is 8.67. The fourth-order valence-electron chi connectivity index (χ4n) is 2.20. The first-order valence-electron chi connectivity index (χ1n) is 5.96. The van der Waals surface area contributed by atoms with E-state index in [0.29, 0.717) is 23.5 Å². The molecule has 1 aliphatic rings. The van der Waals surface area contributed by atoms with Crippen LogP contribution in [0.1, 0.15) is 37.8 Å². The van der Waals surface area contributed by atoms with Gasteiger partial charge in [0, 0.05) is 18.5 Å². The summed E-state index contributed by atoms with van der Waals surface area (Å²) >= 11 is 0. The van der Waals surface area contributed by atoms with Gasteiger partial charge in [0.15, 0.2) is 5.89 Å². The molecule has 94 valence electrons. The second-order valence-corrected chi connectivity index (χ2v) is 4.82. The summed E-state index contributed by atoms with van der Waals surface area (Å²) in [6.45, 7) is 6.35. The third-order valence-corrected chi connectivity index (χ3v) is 3.20. The number of rotatable bonds is 4.